The van der Waals surface area contributed by atoms with Gasteiger partial charge >= 0.3 is 0 Å². The molecule has 0 heterocycles. The monoisotopic (exact) mass is 251 g/mol. The molecule has 1 N–H and O–H groups in total. The summed E-state index contributed by atoms with van der Waals surface area (Å²) in [6.07, 6.45) is 0. The van der Waals surface area contributed by atoms with Crippen LogP contribution in [0, 0.1) is 12.7 Å². The summed E-state index contributed by atoms with van der Waals surface area (Å²) in [4.78, 5) is 6.29. The number of aliphatic imine (C=N–C) groups is 1. The standard InChI is InChI=1S/C14H22FN3/c1-6-16-14(18(4)5)17-11(3)12-8-7-10(2)13(15)9-12/h7-9,11H,6H2,1-5H3,(H,16,17). The third kappa shape index (κ3) is 3.72. The summed E-state index contributed by atoms with van der Waals surface area (Å²) < 4.78 is 13.5. The highest BCUT2D eigenvalue weighted by Crippen LogP contribution is 2.16. The molecule has 0 bridgehead atoms. The van der Waals surface area contributed by atoms with Gasteiger partial charge < -0.3 is 10.2 Å². The molecule has 3 nitrogen and oxygen atoms in total. The van der Waals surface area contributed by atoms with Crippen molar-refractivity contribution in [3.05, 3.63) is 35.1 Å². The fourth-order valence-electron chi connectivity index (χ4n) is 1.62. The minimum Gasteiger partial charge on any atom is -0.350 e. The Morgan fingerprint density at radius 2 is 2.11 bits per heavy atom. The quantitative estimate of drug-likeness (QED) is 0.660. The molecule has 0 aliphatic rings. The molecule has 0 amide bonds. The summed E-state index contributed by atoms with van der Waals surface area (Å²) in [7, 11) is 3.87. The van der Waals surface area contributed by atoms with Crippen molar-refractivity contribution in [3.63, 3.8) is 0 Å². The van der Waals surface area contributed by atoms with E-state index in [4.69, 9.17) is 0 Å². The molecule has 0 fully saturated rings. The van der Waals surface area contributed by atoms with Crippen molar-refractivity contribution >= 4 is 5.96 Å². The third-order valence-corrected chi connectivity index (χ3v) is 2.77. The van der Waals surface area contributed by atoms with Crippen LogP contribution in [0.4, 0.5) is 4.39 Å². The lowest BCUT2D eigenvalue weighted by Crippen LogP contribution is -2.38. The lowest BCUT2D eigenvalue weighted by atomic mass is 10.1. The van der Waals surface area contributed by atoms with Crippen LogP contribution >= 0.6 is 0 Å². The van der Waals surface area contributed by atoms with E-state index >= 15 is 0 Å². The SMILES string of the molecule is CCN=C(NC(C)c1ccc(C)c(F)c1)N(C)C. The smallest absolute Gasteiger partial charge is 0.193 e. The second-order valence-corrected chi connectivity index (χ2v) is 4.57. The minimum atomic E-state index is -0.167. The van der Waals surface area contributed by atoms with Crippen molar-refractivity contribution in [3.8, 4) is 0 Å². The molecule has 1 rings (SSSR count). The first-order valence-corrected chi connectivity index (χ1v) is 6.20. The van der Waals surface area contributed by atoms with Crippen LogP contribution < -0.4 is 5.32 Å². The van der Waals surface area contributed by atoms with Gasteiger partial charge in [-0.25, -0.2) is 4.39 Å². The van der Waals surface area contributed by atoms with Crippen LogP contribution in [0.5, 0.6) is 0 Å². The van der Waals surface area contributed by atoms with Crippen molar-refractivity contribution in [2.24, 2.45) is 4.99 Å². The van der Waals surface area contributed by atoms with E-state index in [1.165, 1.54) is 0 Å². The molecule has 0 aromatic heterocycles. The molecule has 18 heavy (non-hydrogen) atoms. The number of halogens is 1. The number of hydrogen-bond acceptors (Lipinski definition) is 1. The molecule has 4 heteroatoms. The number of nitrogens with one attached hydrogen (secondary N) is 1. The van der Waals surface area contributed by atoms with Gasteiger partial charge in [-0.1, -0.05) is 12.1 Å². The van der Waals surface area contributed by atoms with Gasteiger partial charge in [0.15, 0.2) is 5.96 Å². The van der Waals surface area contributed by atoms with Gasteiger partial charge in [0.25, 0.3) is 0 Å². The first-order valence-electron chi connectivity index (χ1n) is 6.20. The van der Waals surface area contributed by atoms with E-state index in [0.717, 1.165) is 18.1 Å². The maximum atomic E-state index is 13.5. The van der Waals surface area contributed by atoms with Gasteiger partial charge in [-0.05, 0) is 38.0 Å². The Morgan fingerprint density at radius 1 is 1.44 bits per heavy atom. The number of guanidine groups is 1. The molecule has 1 unspecified atom stereocenters. The zero-order valence-corrected chi connectivity index (χ0v) is 11.8. The topological polar surface area (TPSA) is 27.6 Å². The Kier molecular flexibility index (Phi) is 5.13. The van der Waals surface area contributed by atoms with E-state index in [9.17, 15) is 4.39 Å². The van der Waals surface area contributed by atoms with Gasteiger partial charge in [-0.15, -0.1) is 0 Å². The first kappa shape index (κ1) is 14.5. The van der Waals surface area contributed by atoms with Gasteiger partial charge in [-0.2, -0.15) is 0 Å². The predicted molar refractivity (Wildman–Crippen MR) is 74.4 cm³/mol. The van der Waals surface area contributed by atoms with E-state index < -0.39 is 0 Å². The molecule has 0 aliphatic heterocycles. The van der Waals surface area contributed by atoms with Gasteiger partial charge in [0.05, 0.1) is 6.04 Å². The first-order chi connectivity index (χ1) is 8.45. The number of aryl methyl sites for hydroxylation is 1. The van der Waals surface area contributed by atoms with Gasteiger partial charge in [-0.3, -0.25) is 4.99 Å². The molecular formula is C14H22FN3. The maximum Gasteiger partial charge on any atom is 0.193 e. The average Bonchev–Trinajstić information content (AvgIpc) is 2.31. The Hall–Kier alpha value is -1.58. The summed E-state index contributed by atoms with van der Waals surface area (Å²) in [6, 6.07) is 5.34. The Balaban J connectivity index is 2.83. The Morgan fingerprint density at radius 3 is 2.61 bits per heavy atom. The van der Waals surface area contributed by atoms with Crippen molar-refractivity contribution in [1.29, 1.82) is 0 Å². The molecule has 1 aromatic carbocycles. The van der Waals surface area contributed by atoms with Gasteiger partial charge in [0.1, 0.15) is 5.82 Å². The predicted octanol–water partition coefficient (Wildman–Crippen LogP) is 2.72. The van der Waals surface area contributed by atoms with Crippen LogP contribution in [0.1, 0.15) is 31.0 Å². The summed E-state index contributed by atoms with van der Waals surface area (Å²) in [6.45, 7) is 6.47. The third-order valence-electron chi connectivity index (χ3n) is 2.77. The summed E-state index contributed by atoms with van der Waals surface area (Å²) in [5.41, 5.74) is 1.59. The van der Waals surface area contributed by atoms with E-state index in [1.807, 2.05) is 38.9 Å². The summed E-state index contributed by atoms with van der Waals surface area (Å²) in [5, 5.41) is 3.29. The average molecular weight is 251 g/mol. The zero-order chi connectivity index (χ0) is 13.7. The van der Waals surface area contributed by atoms with E-state index in [2.05, 4.69) is 10.3 Å². The summed E-state index contributed by atoms with van der Waals surface area (Å²) in [5.74, 6) is 0.644. The Bertz CT molecular complexity index is 427. The highest BCUT2D eigenvalue weighted by atomic mass is 19.1. The fraction of sp³-hybridized carbons (Fsp3) is 0.500. The number of nitrogens with zero attached hydrogens (tertiary/aromatic N) is 2. The molecule has 1 atom stereocenters. The van der Waals surface area contributed by atoms with Crippen LogP contribution in [-0.2, 0) is 0 Å². The second-order valence-electron chi connectivity index (χ2n) is 4.57. The van der Waals surface area contributed by atoms with Crippen LogP contribution in [0.3, 0.4) is 0 Å². The normalized spacial score (nSPS) is 13.3. The molecule has 0 radical (unpaired) electrons. The highest BCUT2D eigenvalue weighted by Gasteiger charge is 2.10. The molecular weight excluding hydrogens is 229 g/mol. The fourth-order valence-corrected chi connectivity index (χ4v) is 1.62. The van der Waals surface area contributed by atoms with Crippen molar-refractivity contribution in [2.45, 2.75) is 26.8 Å². The summed E-state index contributed by atoms with van der Waals surface area (Å²) >= 11 is 0. The van der Waals surface area contributed by atoms with E-state index in [-0.39, 0.29) is 11.9 Å². The van der Waals surface area contributed by atoms with Crippen LogP contribution in [0.25, 0.3) is 0 Å². The number of hydrogen-bond donors (Lipinski definition) is 1. The van der Waals surface area contributed by atoms with Gasteiger partial charge in [0.2, 0.25) is 0 Å². The van der Waals surface area contributed by atoms with Gasteiger partial charge in [0, 0.05) is 20.6 Å². The second kappa shape index (κ2) is 6.38. The molecule has 0 aliphatic carbocycles. The largest absolute Gasteiger partial charge is 0.350 e. The van der Waals surface area contributed by atoms with Crippen molar-refractivity contribution in [1.82, 2.24) is 10.2 Å². The molecule has 100 valence electrons. The number of benzene rings is 1. The molecule has 0 saturated heterocycles. The van der Waals surface area contributed by atoms with Crippen molar-refractivity contribution < 1.29 is 4.39 Å². The molecule has 1 aromatic rings. The Labute approximate surface area is 109 Å². The van der Waals surface area contributed by atoms with Crippen molar-refractivity contribution in [2.75, 3.05) is 20.6 Å². The molecule has 0 saturated carbocycles. The minimum absolute atomic E-state index is 0.0211. The van der Waals surface area contributed by atoms with E-state index in [1.54, 1.807) is 19.1 Å². The zero-order valence-electron chi connectivity index (χ0n) is 11.8. The lowest BCUT2D eigenvalue weighted by Gasteiger charge is -2.22. The molecule has 0 spiro atoms. The highest BCUT2D eigenvalue weighted by molar-refractivity contribution is 5.79. The van der Waals surface area contributed by atoms with Crippen LogP contribution in [0.2, 0.25) is 0 Å². The van der Waals surface area contributed by atoms with Crippen LogP contribution in [0.15, 0.2) is 23.2 Å². The van der Waals surface area contributed by atoms with Crippen LogP contribution in [-0.4, -0.2) is 31.5 Å². The number of rotatable bonds is 3. The van der Waals surface area contributed by atoms with E-state index in [0.29, 0.717) is 5.56 Å². The lowest BCUT2D eigenvalue weighted by molar-refractivity contribution is 0.551. The maximum absolute atomic E-state index is 13.5.